The molecule has 10 aliphatic rings. The lowest BCUT2D eigenvalue weighted by Gasteiger charge is -2.41. The fourth-order valence-corrected chi connectivity index (χ4v) is 11.5. The Morgan fingerprint density at radius 3 is 1.66 bits per heavy atom. The highest BCUT2D eigenvalue weighted by Gasteiger charge is 2.59. The van der Waals surface area contributed by atoms with Gasteiger partial charge >= 0.3 is 0 Å². The van der Waals surface area contributed by atoms with Gasteiger partial charge in [-0.3, -0.25) is 48.5 Å². The third-order valence-electron chi connectivity index (χ3n) is 16.6. The van der Waals surface area contributed by atoms with Crippen molar-refractivity contribution in [2.45, 2.75) is 89.6 Å². The van der Waals surface area contributed by atoms with Crippen LogP contribution in [0.2, 0.25) is 0 Å². The number of allylic oxidation sites excluding steroid dienone is 1. The molecule has 73 heavy (non-hydrogen) atoms. The Labute approximate surface area is 426 Å². The zero-order chi connectivity index (χ0) is 49.8. The summed E-state index contributed by atoms with van der Waals surface area (Å²) in [5.74, 6) is 5.71. The summed E-state index contributed by atoms with van der Waals surface area (Å²) in [6, 6.07) is 27.4. The maximum Gasteiger partial charge on any atom is 0.256 e. The van der Waals surface area contributed by atoms with Crippen molar-refractivity contribution in [2.75, 3.05) is 39.3 Å². The highest BCUT2D eigenvalue weighted by atomic mass is 16.2. The molecule has 14 nitrogen and oxygen atoms in total. The number of hydrogen-bond donors (Lipinski definition) is 0. The molecule has 14 heteroatoms. The molecular weight excluding hydrogens is 913 g/mol. The summed E-state index contributed by atoms with van der Waals surface area (Å²) in [5.41, 5.74) is 7.69. The van der Waals surface area contributed by atoms with Crippen LogP contribution < -0.4 is 0 Å². The maximum atomic E-state index is 13.3. The van der Waals surface area contributed by atoms with Crippen LogP contribution >= 0.6 is 0 Å². The molecule has 7 fully saturated rings. The van der Waals surface area contributed by atoms with E-state index in [2.05, 4.69) is 82.8 Å². The van der Waals surface area contributed by atoms with Gasteiger partial charge in [0, 0.05) is 110 Å². The Morgan fingerprint density at radius 2 is 1.15 bits per heavy atom. The zero-order valence-electron chi connectivity index (χ0n) is 42.0. The van der Waals surface area contributed by atoms with Crippen LogP contribution in [-0.4, -0.2) is 126 Å². The monoisotopic (exact) mass is 974 g/mol. The van der Waals surface area contributed by atoms with Crippen LogP contribution in [0, 0.1) is 42.4 Å². The minimum absolute atomic E-state index is 0.140. The number of aliphatic imine (C=N–C) groups is 3. The molecule has 2 saturated heterocycles. The van der Waals surface area contributed by atoms with Gasteiger partial charge in [-0.05, 0) is 111 Å². The smallest absolute Gasteiger partial charge is 0.256 e. The first kappa shape index (κ1) is 45.7. The number of carbonyl (C=O) groups excluding carboxylic acids is 4. The number of likely N-dealkylation sites (tertiary alicyclic amines) is 2. The summed E-state index contributed by atoms with van der Waals surface area (Å²) in [6.07, 6.45) is 16.2. The third-order valence-corrected chi connectivity index (χ3v) is 16.6. The van der Waals surface area contributed by atoms with Gasteiger partial charge in [0.1, 0.15) is 34.9 Å². The predicted molar refractivity (Wildman–Crippen MR) is 280 cm³/mol. The number of pyridine rings is 1. The van der Waals surface area contributed by atoms with E-state index in [0.717, 1.165) is 140 Å². The highest BCUT2D eigenvalue weighted by molar-refractivity contribution is 6.17. The van der Waals surface area contributed by atoms with Crippen molar-refractivity contribution in [3.8, 4) is 11.1 Å². The van der Waals surface area contributed by atoms with Crippen molar-refractivity contribution in [3.63, 3.8) is 0 Å². The summed E-state index contributed by atoms with van der Waals surface area (Å²) in [7, 11) is 0. The number of aromatic nitrogens is 3. The molecule has 2 spiro atoms. The molecule has 5 aromatic rings. The number of rotatable bonds is 10. The number of amides is 4. The van der Waals surface area contributed by atoms with Crippen LogP contribution in [0.15, 0.2) is 119 Å². The zero-order valence-corrected chi connectivity index (χ0v) is 42.0. The number of benzene rings is 3. The largest absolute Gasteiger partial charge is 0.342 e. The molecule has 15 rings (SSSR count). The molecule has 5 aliphatic carbocycles. The number of hydrogen-bond acceptors (Lipinski definition) is 9. The van der Waals surface area contributed by atoms with E-state index >= 15 is 0 Å². The van der Waals surface area contributed by atoms with E-state index < -0.39 is 11.1 Å². The van der Waals surface area contributed by atoms with Crippen molar-refractivity contribution in [1.82, 2.24) is 34.1 Å². The van der Waals surface area contributed by atoms with Crippen LogP contribution in [0.4, 0.5) is 0 Å². The molecular formula is C59H62N10O4. The predicted octanol–water partition coefficient (Wildman–Crippen LogP) is 8.04. The van der Waals surface area contributed by atoms with Gasteiger partial charge in [-0.1, -0.05) is 74.5 Å². The van der Waals surface area contributed by atoms with Gasteiger partial charge in [0.25, 0.3) is 11.8 Å². The second kappa shape index (κ2) is 17.5. The minimum Gasteiger partial charge on any atom is -0.342 e. The molecule has 2 unspecified atom stereocenters. The fraction of sp³-hybridized carbons (Fsp3) is 0.441. The SMILES string of the molecule is CC.Cc1ccc2cc(-c3ccc(C4=NC5(CC5)C(=O)N4CC4CN(C(=O)C5CC5)C4)cc3)ccc2n1.O=C(C1CC1)N1CC(CN2C(=O)C3(CC3)N=C2c2ccc(C3=CN=C(n4ccnc4)C4CC34)cc2)C1. The average molecular weight is 975 g/mol. The van der Waals surface area contributed by atoms with Gasteiger partial charge in [-0.2, -0.15) is 0 Å². The Bertz CT molecular complexity index is 3180. The van der Waals surface area contributed by atoms with E-state index in [1.165, 1.54) is 11.1 Å². The number of aryl methyl sites for hydroxylation is 1. The van der Waals surface area contributed by atoms with E-state index in [1.54, 1.807) is 6.20 Å². The van der Waals surface area contributed by atoms with Gasteiger partial charge in [-0.25, -0.2) is 9.98 Å². The first-order valence-electron chi connectivity index (χ1n) is 26.9. The van der Waals surface area contributed by atoms with Crippen LogP contribution in [0.1, 0.15) is 94.0 Å². The van der Waals surface area contributed by atoms with E-state index in [0.29, 0.717) is 48.6 Å². The number of fused-ring (bicyclic) bond motifs is 2. The van der Waals surface area contributed by atoms with E-state index in [9.17, 15) is 19.2 Å². The summed E-state index contributed by atoms with van der Waals surface area (Å²) in [6.45, 7) is 10.3. The number of imidazole rings is 1. The molecule has 3 aromatic carbocycles. The minimum atomic E-state index is -0.523. The molecule has 2 atom stereocenters. The summed E-state index contributed by atoms with van der Waals surface area (Å²) < 4.78 is 2.02. The lowest BCUT2D eigenvalue weighted by molar-refractivity contribution is -0.140. The molecule has 0 bridgehead atoms. The Kier molecular flexibility index (Phi) is 11.0. The first-order chi connectivity index (χ1) is 35.6. The summed E-state index contributed by atoms with van der Waals surface area (Å²) in [5, 5.41) is 1.12. The topological polar surface area (TPSA) is 149 Å². The molecule has 372 valence electrons. The molecule has 5 saturated carbocycles. The molecule has 2 aromatic heterocycles. The van der Waals surface area contributed by atoms with Gasteiger partial charge in [0.2, 0.25) is 11.8 Å². The molecule has 0 radical (unpaired) electrons. The second-order valence-corrected chi connectivity index (χ2v) is 22.0. The number of nitrogens with zero attached hydrogens (tertiary/aromatic N) is 10. The quantitative estimate of drug-likeness (QED) is 0.138. The van der Waals surface area contributed by atoms with E-state index in [1.807, 2.05) is 69.7 Å². The maximum absolute atomic E-state index is 13.3. The van der Waals surface area contributed by atoms with Crippen LogP contribution in [-0.2, 0) is 19.2 Å². The first-order valence-corrected chi connectivity index (χ1v) is 26.9. The average Bonchev–Trinajstić information content (AvgIpc) is 4.13. The Hall–Kier alpha value is -7.09. The van der Waals surface area contributed by atoms with Crippen molar-refractivity contribution in [1.29, 1.82) is 0 Å². The summed E-state index contributed by atoms with van der Waals surface area (Å²) >= 11 is 0. The van der Waals surface area contributed by atoms with E-state index in [4.69, 9.17) is 15.0 Å². The molecule has 5 aliphatic heterocycles. The molecule has 7 heterocycles. The van der Waals surface area contributed by atoms with Crippen molar-refractivity contribution < 1.29 is 19.2 Å². The molecule has 4 amide bonds. The summed E-state index contributed by atoms with van der Waals surface area (Å²) in [4.78, 5) is 82.2. The normalized spacial score (nSPS) is 23.9. The third kappa shape index (κ3) is 8.40. The second-order valence-electron chi connectivity index (χ2n) is 22.0. The van der Waals surface area contributed by atoms with Crippen LogP contribution in [0.25, 0.3) is 27.6 Å². The van der Waals surface area contributed by atoms with Gasteiger partial charge in [0.15, 0.2) is 0 Å². The van der Waals surface area contributed by atoms with Gasteiger partial charge in [0.05, 0.1) is 5.52 Å². The van der Waals surface area contributed by atoms with Crippen molar-refractivity contribution in [2.24, 2.45) is 50.5 Å². The number of carbonyl (C=O) groups is 4. The highest BCUT2D eigenvalue weighted by Crippen LogP contribution is 2.52. The molecule has 0 N–H and O–H groups in total. The van der Waals surface area contributed by atoms with E-state index in [-0.39, 0.29) is 23.7 Å². The fourth-order valence-electron chi connectivity index (χ4n) is 11.5. The Balaban J connectivity index is 0.000000137. The number of amidine groups is 2. The van der Waals surface area contributed by atoms with Gasteiger partial charge < -0.3 is 9.80 Å². The van der Waals surface area contributed by atoms with Gasteiger partial charge in [-0.15, -0.1) is 0 Å². The lowest BCUT2D eigenvalue weighted by atomic mass is 9.97. The standard InChI is InChI=1S/C29H28N4O2.C28H28N6O2.C2H6/c1-18-2-3-24-14-23(10-11-25(24)30-18)20-4-6-21(7-5-20)26-31-29(12-13-29)28(35)33(26)17-19-15-32(16-19)27(34)22-8-9-22;35-26(20-5-6-20)33-13-17(14-33)15-34-24(31-28(7-8-28)27(34)36)19-3-1-18(2-4-19)23-12-30-25(22-11-21(22)23)32-10-9-29-16-32;1-2/h2-7,10-11,14,19,22H,8-9,12-13,15-17H2,1H3;1-4,9-10,12,16-17,20-22H,5-8,11,13-15H2;1-2H3. The van der Waals surface area contributed by atoms with Crippen LogP contribution in [0.5, 0.6) is 0 Å². The van der Waals surface area contributed by atoms with Crippen molar-refractivity contribution in [3.05, 3.63) is 126 Å². The Morgan fingerprint density at radius 1 is 0.630 bits per heavy atom. The van der Waals surface area contributed by atoms with Crippen molar-refractivity contribution >= 4 is 57.6 Å². The lowest BCUT2D eigenvalue weighted by Crippen LogP contribution is -2.55. The van der Waals surface area contributed by atoms with Crippen LogP contribution in [0.3, 0.4) is 0 Å².